The minimum Gasteiger partial charge on any atom is -0.395 e. The van der Waals surface area contributed by atoms with Crippen LogP contribution >= 0.6 is 0 Å². The van der Waals surface area contributed by atoms with E-state index in [9.17, 15) is 9.90 Å². The van der Waals surface area contributed by atoms with E-state index in [-0.39, 0.29) is 24.6 Å². The number of nitrogens with zero attached hydrogens (tertiary/aromatic N) is 2. The fourth-order valence-corrected chi connectivity index (χ4v) is 3.05. The Bertz CT molecular complexity index is 516. The minimum atomic E-state index is -0.0965. The molecule has 6 nitrogen and oxygen atoms in total. The zero-order valence-electron chi connectivity index (χ0n) is 15.4. The molecule has 6 heteroatoms. The van der Waals surface area contributed by atoms with E-state index >= 15 is 0 Å². The molecule has 0 bridgehead atoms. The Balaban J connectivity index is 1.81. The molecule has 1 heterocycles. The number of benzene rings is 1. The topological polar surface area (TPSA) is 65.0 Å². The van der Waals surface area contributed by atoms with Crippen LogP contribution in [0.2, 0.25) is 0 Å². The van der Waals surface area contributed by atoms with Crippen molar-refractivity contribution in [2.75, 3.05) is 52.5 Å². The Hall–Kier alpha value is -1.47. The molecule has 1 fully saturated rings. The van der Waals surface area contributed by atoms with Gasteiger partial charge in [-0.15, -0.1) is 0 Å². The van der Waals surface area contributed by atoms with E-state index < -0.39 is 0 Å². The van der Waals surface area contributed by atoms with E-state index in [1.165, 1.54) is 0 Å². The average Bonchev–Trinajstić information content (AvgIpc) is 2.62. The predicted octanol–water partition coefficient (Wildman–Crippen LogP) is 0.708. The second kappa shape index (κ2) is 9.87. The molecular weight excluding hydrogens is 318 g/mol. The number of hydrogen-bond donors (Lipinski definition) is 2. The highest BCUT2D eigenvalue weighted by Crippen LogP contribution is 2.15. The van der Waals surface area contributed by atoms with E-state index in [4.69, 9.17) is 4.74 Å². The van der Waals surface area contributed by atoms with Crippen LogP contribution in [0.25, 0.3) is 0 Å². The van der Waals surface area contributed by atoms with Crippen molar-refractivity contribution in [3.8, 4) is 0 Å². The van der Waals surface area contributed by atoms with Crippen molar-refractivity contribution in [3.05, 3.63) is 35.9 Å². The molecular formula is C19H31N3O3. The van der Waals surface area contributed by atoms with Crippen LogP contribution in [0, 0.1) is 0 Å². The van der Waals surface area contributed by atoms with Gasteiger partial charge in [-0.05, 0) is 19.4 Å². The summed E-state index contributed by atoms with van der Waals surface area (Å²) in [6.45, 7) is 9.65. The van der Waals surface area contributed by atoms with Crippen LogP contribution in [-0.4, -0.2) is 78.9 Å². The van der Waals surface area contributed by atoms with Crippen LogP contribution < -0.4 is 5.32 Å². The largest absolute Gasteiger partial charge is 0.395 e. The molecule has 1 saturated heterocycles. The van der Waals surface area contributed by atoms with Crippen molar-refractivity contribution < 1.29 is 14.6 Å². The monoisotopic (exact) mass is 349 g/mol. The summed E-state index contributed by atoms with van der Waals surface area (Å²) in [5, 5.41) is 12.3. The Kier molecular flexibility index (Phi) is 7.84. The quantitative estimate of drug-likeness (QED) is 0.687. The maximum Gasteiger partial charge on any atom is 0.234 e. The zero-order valence-corrected chi connectivity index (χ0v) is 15.4. The lowest BCUT2D eigenvalue weighted by molar-refractivity contribution is -0.123. The predicted molar refractivity (Wildman–Crippen MR) is 98.3 cm³/mol. The molecule has 0 atom stereocenters. The first kappa shape index (κ1) is 19.8. The molecule has 0 spiro atoms. The average molecular weight is 349 g/mol. The first-order chi connectivity index (χ1) is 12.0. The van der Waals surface area contributed by atoms with Crippen LogP contribution in [-0.2, 0) is 16.1 Å². The molecule has 140 valence electrons. The third-order valence-electron chi connectivity index (χ3n) is 4.62. The van der Waals surface area contributed by atoms with Crippen molar-refractivity contribution >= 4 is 5.91 Å². The summed E-state index contributed by atoms with van der Waals surface area (Å²) in [5.74, 6) is -0.00860. The summed E-state index contributed by atoms with van der Waals surface area (Å²) in [7, 11) is 0. The molecule has 0 aliphatic carbocycles. The molecule has 0 saturated carbocycles. The SMILES string of the molecule is CC(C)(CNC(=O)CN(CCO)Cc1ccccc1)N1CCOCC1. The normalized spacial score (nSPS) is 16.2. The molecule has 0 aromatic heterocycles. The van der Waals surface area contributed by atoms with Crippen LogP contribution in [0.4, 0.5) is 0 Å². The van der Waals surface area contributed by atoms with E-state index in [0.29, 0.717) is 19.6 Å². The van der Waals surface area contributed by atoms with Gasteiger partial charge >= 0.3 is 0 Å². The van der Waals surface area contributed by atoms with Crippen LogP contribution in [0.15, 0.2) is 30.3 Å². The number of morpholine rings is 1. The van der Waals surface area contributed by atoms with E-state index in [1.54, 1.807) is 0 Å². The molecule has 1 amide bonds. The number of amides is 1. The highest BCUT2D eigenvalue weighted by molar-refractivity contribution is 5.78. The number of carbonyl (C=O) groups is 1. The van der Waals surface area contributed by atoms with Crippen LogP contribution in [0.3, 0.4) is 0 Å². The summed E-state index contributed by atoms with van der Waals surface area (Å²) in [4.78, 5) is 16.7. The molecule has 1 aliphatic rings. The van der Waals surface area contributed by atoms with Crippen molar-refractivity contribution in [3.63, 3.8) is 0 Å². The van der Waals surface area contributed by atoms with Gasteiger partial charge < -0.3 is 15.2 Å². The summed E-state index contributed by atoms with van der Waals surface area (Å²) in [6.07, 6.45) is 0. The van der Waals surface area contributed by atoms with Gasteiger partial charge in [-0.1, -0.05) is 30.3 Å². The van der Waals surface area contributed by atoms with Crippen LogP contribution in [0.1, 0.15) is 19.4 Å². The molecule has 1 aromatic carbocycles. The fourth-order valence-electron chi connectivity index (χ4n) is 3.05. The van der Waals surface area contributed by atoms with Crippen molar-refractivity contribution in [1.82, 2.24) is 15.1 Å². The third-order valence-corrected chi connectivity index (χ3v) is 4.62. The lowest BCUT2D eigenvalue weighted by atomic mass is 10.0. The molecule has 25 heavy (non-hydrogen) atoms. The Morgan fingerprint density at radius 3 is 2.60 bits per heavy atom. The van der Waals surface area contributed by atoms with Crippen LogP contribution in [0.5, 0.6) is 0 Å². The lowest BCUT2D eigenvalue weighted by Crippen LogP contribution is -2.56. The first-order valence-electron chi connectivity index (χ1n) is 8.98. The van der Waals surface area contributed by atoms with Gasteiger partial charge in [0.1, 0.15) is 0 Å². The van der Waals surface area contributed by atoms with Crippen molar-refractivity contribution in [1.29, 1.82) is 0 Å². The van der Waals surface area contributed by atoms with Gasteiger partial charge in [0.15, 0.2) is 0 Å². The standard InChI is InChI=1S/C19H31N3O3/c1-19(2,22-9-12-25-13-10-22)16-20-18(24)15-21(8-11-23)14-17-6-4-3-5-7-17/h3-7,23H,8-16H2,1-2H3,(H,20,24). The van der Waals surface area contributed by atoms with Gasteiger partial charge in [-0.25, -0.2) is 0 Å². The van der Waals surface area contributed by atoms with Gasteiger partial charge in [0.2, 0.25) is 5.91 Å². The number of rotatable bonds is 9. The number of aliphatic hydroxyl groups is 1. The van der Waals surface area contributed by atoms with Crippen molar-refractivity contribution in [2.24, 2.45) is 0 Å². The second-order valence-electron chi connectivity index (χ2n) is 7.11. The lowest BCUT2D eigenvalue weighted by Gasteiger charge is -2.41. The highest BCUT2D eigenvalue weighted by atomic mass is 16.5. The number of aliphatic hydroxyl groups excluding tert-OH is 1. The molecule has 2 rings (SSSR count). The molecule has 2 N–H and O–H groups in total. The van der Waals surface area contributed by atoms with Gasteiger partial charge in [0, 0.05) is 38.3 Å². The molecule has 1 aromatic rings. The second-order valence-corrected chi connectivity index (χ2v) is 7.11. The minimum absolute atomic E-state index is 0.00860. The highest BCUT2D eigenvalue weighted by Gasteiger charge is 2.28. The number of ether oxygens (including phenoxy) is 1. The molecule has 0 radical (unpaired) electrons. The zero-order chi connectivity index (χ0) is 18.1. The maximum atomic E-state index is 12.4. The number of carbonyl (C=O) groups excluding carboxylic acids is 1. The van der Waals surface area contributed by atoms with Gasteiger partial charge in [0.05, 0.1) is 26.4 Å². The fraction of sp³-hybridized carbons (Fsp3) is 0.632. The maximum absolute atomic E-state index is 12.4. The van der Waals surface area contributed by atoms with Gasteiger partial charge in [-0.2, -0.15) is 0 Å². The number of nitrogens with one attached hydrogen (secondary N) is 1. The van der Waals surface area contributed by atoms with Crippen molar-refractivity contribution in [2.45, 2.75) is 25.9 Å². The summed E-state index contributed by atoms with van der Waals surface area (Å²) >= 11 is 0. The number of hydrogen-bond acceptors (Lipinski definition) is 5. The van der Waals surface area contributed by atoms with E-state index in [2.05, 4.69) is 24.1 Å². The first-order valence-corrected chi connectivity index (χ1v) is 8.98. The van der Waals surface area contributed by atoms with Gasteiger partial charge in [0.25, 0.3) is 0 Å². The Morgan fingerprint density at radius 1 is 1.28 bits per heavy atom. The third kappa shape index (κ3) is 6.74. The Morgan fingerprint density at radius 2 is 1.96 bits per heavy atom. The summed E-state index contributed by atoms with van der Waals surface area (Å²) < 4.78 is 5.40. The smallest absolute Gasteiger partial charge is 0.234 e. The Labute approximate surface area is 150 Å². The summed E-state index contributed by atoms with van der Waals surface area (Å²) in [5.41, 5.74) is 1.04. The molecule has 0 unspecified atom stereocenters. The van der Waals surface area contributed by atoms with Gasteiger partial charge in [-0.3, -0.25) is 14.6 Å². The van der Waals surface area contributed by atoms with E-state index in [0.717, 1.165) is 31.9 Å². The van der Waals surface area contributed by atoms with E-state index in [1.807, 2.05) is 35.2 Å². The molecule has 1 aliphatic heterocycles. The summed E-state index contributed by atoms with van der Waals surface area (Å²) in [6, 6.07) is 10.0.